The standard InChI is InChI=1S/C19H25N5O/c1-3-17(16-8-6-15(2)7-9-16)21-19(25)24-13-11-23(12-14-24)18-5-4-10-20-22-18/h4-10,17H,3,11-14H2,1-2H3,(H,21,25). The normalized spacial score (nSPS) is 15.8. The molecule has 0 radical (unpaired) electrons. The Morgan fingerprint density at radius 1 is 1.16 bits per heavy atom. The number of nitrogens with one attached hydrogen (secondary N) is 1. The fourth-order valence-electron chi connectivity index (χ4n) is 3.06. The van der Waals surface area contributed by atoms with Gasteiger partial charge in [-0.3, -0.25) is 0 Å². The van der Waals surface area contributed by atoms with Crippen molar-refractivity contribution in [2.75, 3.05) is 31.1 Å². The summed E-state index contributed by atoms with van der Waals surface area (Å²) in [6.07, 6.45) is 2.54. The van der Waals surface area contributed by atoms with E-state index in [0.29, 0.717) is 13.1 Å². The molecule has 0 bridgehead atoms. The fraction of sp³-hybridized carbons (Fsp3) is 0.421. The van der Waals surface area contributed by atoms with Crippen molar-refractivity contribution in [3.8, 4) is 0 Å². The molecule has 0 saturated carbocycles. The van der Waals surface area contributed by atoms with E-state index in [1.54, 1.807) is 6.20 Å². The van der Waals surface area contributed by atoms with Crippen molar-refractivity contribution in [2.45, 2.75) is 26.3 Å². The molecule has 1 aromatic heterocycles. The molecule has 1 N–H and O–H groups in total. The molecule has 1 aliphatic rings. The minimum atomic E-state index is 0.00576. The van der Waals surface area contributed by atoms with Crippen molar-refractivity contribution >= 4 is 11.8 Å². The van der Waals surface area contributed by atoms with Crippen LogP contribution in [0.2, 0.25) is 0 Å². The van der Waals surface area contributed by atoms with Crippen molar-refractivity contribution in [1.82, 2.24) is 20.4 Å². The van der Waals surface area contributed by atoms with Crippen LogP contribution in [0.5, 0.6) is 0 Å². The van der Waals surface area contributed by atoms with Crippen molar-refractivity contribution < 1.29 is 4.79 Å². The lowest BCUT2D eigenvalue weighted by Gasteiger charge is -2.35. The Morgan fingerprint density at radius 2 is 1.88 bits per heavy atom. The third-order valence-electron chi connectivity index (χ3n) is 4.63. The van der Waals surface area contributed by atoms with Gasteiger partial charge < -0.3 is 15.1 Å². The van der Waals surface area contributed by atoms with E-state index < -0.39 is 0 Å². The summed E-state index contributed by atoms with van der Waals surface area (Å²) in [5.41, 5.74) is 2.38. The van der Waals surface area contributed by atoms with Gasteiger partial charge in [0.15, 0.2) is 5.82 Å². The maximum atomic E-state index is 12.6. The quantitative estimate of drug-likeness (QED) is 0.930. The lowest BCUT2D eigenvalue weighted by molar-refractivity contribution is 0.190. The zero-order chi connectivity index (χ0) is 17.6. The number of carbonyl (C=O) groups is 1. The third-order valence-corrected chi connectivity index (χ3v) is 4.63. The van der Waals surface area contributed by atoms with E-state index >= 15 is 0 Å². The number of urea groups is 1. The number of aryl methyl sites for hydroxylation is 1. The van der Waals surface area contributed by atoms with Crippen LogP contribution in [-0.4, -0.2) is 47.3 Å². The van der Waals surface area contributed by atoms with Crippen molar-refractivity contribution in [2.24, 2.45) is 0 Å². The predicted octanol–water partition coefficient (Wildman–Crippen LogP) is 2.77. The summed E-state index contributed by atoms with van der Waals surface area (Å²) in [5, 5.41) is 11.2. The summed E-state index contributed by atoms with van der Waals surface area (Å²) in [6, 6.07) is 12.2. The van der Waals surface area contributed by atoms with Gasteiger partial charge >= 0.3 is 6.03 Å². The van der Waals surface area contributed by atoms with Crippen LogP contribution in [0, 0.1) is 6.92 Å². The molecule has 0 spiro atoms. The highest BCUT2D eigenvalue weighted by atomic mass is 16.2. The van der Waals surface area contributed by atoms with E-state index in [9.17, 15) is 4.79 Å². The number of benzene rings is 1. The maximum Gasteiger partial charge on any atom is 0.318 e. The summed E-state index contributed by atoms with van der Waals surface area (Å²) in [4.78, 5) is 16.7. The molecule has 1 fully saturated rings. The molecule has 2 heterocycles. The lowest BCUT2D eigenvalue weighted by Crippen LogP contribution is -2.52. The number of piperazine rings is 1. The van der Waals surface area contributed by atoms with Crippen LogP contribution in [0.25, 0.3) is 0 Å². The molecule has 1 aromatic carbocycles. The smallest absolute Gasteiger partial charge is 0.318 e. The largest absolute Gasteiger partial charge is 0.352 e. The SMILES string of the molecule is CCC(NC(=O)N1CCN(c2cccnn2)CC1)c1ccc(C)cc1. The first-order chi connectivity index (χ1) is 12.2. The highest BCUT2D eigenvalue weighted by Crippen LogP contribution is 2.18. The molecular weight excluding hydrogens is 314 g/mol. The molecule has 25 heavy (non-hydrogen) atoms. The van der Waals surface area contributed by atoms with Crippen LogP contribution in [0.15, 0.2) is 42.6 Å². The molecule has 6 heteroatoms. The van der Waals surface area contributed by atoms with E-state index in [1.807, 2.05) is 17.0 Å². The molecule has 1 unspecified atom stereocenters. The van der Waals surface area contributed by atoms with E-state index in [4.69, 9.17) is 0 Å². The number of nitrogens with zero attached hydrogens (tertiary/aromatic N) is 4. The lowest BCUT2D eigenvalue weighted by atomic mass is 10.0. The van der Waals surface area contributed by atoms with E-state index in [0.717, 1.165) is 30.9 Å². The zero-order valence-electron chi connectivity index (χ0n) is 14.9. The first-order valence-electron chi connectivity index (χ1n) is 8.82. The van der Waals surface area contributed by atoms with Gasteiger partial charge in [-0.1, -0.05) is 36.8 Å². The van der Waals surface area contributed by atoms with Crippen molar-refractivity contribution in [1.29, 1.82) is 0 Å². The second kappa shape index (κ2) is 7.96. The number of hydrogen-bond acceptors (Lipinski definition) is 4. The van der Waals surface area contributed by atoms with Crippen molar-refractivity contribution in [3.05, 3.63) is 53.7 Å². The second-order valence-electron chi connectivity index (χ2n) is 6.38. The van der Waals surface area contributed by atoms with Crippen LogP contribution in [0.1, 0.15) is 30.5 Å². The molecule has 2 amide bonds. The minimum absolute atomic E-state index is 0.00576. The first kappa shape index (κ1) is 17.2. The van der Waals surface area contributed by atoms with Crippen LogP contribution < -0.4 is 10.2 Å². The number of carbonyl (C=O) groups excluding carboxylic acids is 1. The Labute approximate surface area is 148 Å². The van der Waals surface area contributed by atoms with Gasteiger partial charge in [0.1, 0.15) is 0 Å². The average molecular weight is 339 g/mol. The topological polar surface area (TPSA) is 61.4 Å². The molecule has 6 nitrogen and oxygen atoms in total. The van der Waals surface area contributed by atoms with Crippen molar-refractivity contribution in [3.63, 3.8) is 0 Å². The third kappa shape index (κ3) is 4.26. The highest BCUT2D eigenvalue weighted by Gasteiger charge is 2.23. The molecule has 0 aliphatic carbocycles. The fourth-order valence-corrected chi connectivity index (χ4v) is 3.06. The van der Waals surface area contributed by atoms with Crippen LogP contribution in [-0.2, 0) is 0 Å². The van der Waals surface area contributed by atoms with Gasteiger partial charge in [-0.05, 0) is 31.0 Å². The van der Waals surface area contributed by atoms with Gasteiger partial charge in [-0.25, -0.2) is 4.79 Å². The molecule has 3 rings (SSSR count). The maximum absolute atomic E-state index is 12.6. The number of hydrogen-bond donors (Lipinski definition) is 1. The van der Waals surface area contributed by atoms with Gasteiger partial charge in [0.05, 0.1) is 6.04 Å². The summed E-state index contributed by atoms with van der Waals surface area (Å²) < 4.78 is 0. The van der Waals surface area contributed by atoms with E-state index in [1.165, 1.54) is 5.56 Å². The number of amides is 2. The average Bonchev–Trinajstić information content (AvgIpc) is 2.67. The van der Waals surface area contributed by atoms with Crippen LogP contribution >= 0.6 is 0 Å². The molecule has 1 aliphatic heterocycles. The predicted molar refractivity (Wildman–Crippen MR) is 98.6 cm³/mol. The molecule has 2 aromatic rings. The number of anilines is 1. The van der Waals surface area contributed by atoms with Gasteiger partial charge in [-0.15, -0.1) is 5.10 Å². The molecule has 1 saturated heterocycles. The second-order valence-corrected chi connectivity index (χ2v) is 6.38. The Kier molecular flexibility index (Phi) is 5.48. The highest BCUT2D eigenvalue weighted by molar-refractivity contribution is 5.75. The Balaban J connectivity index is 1.56. The van der Waals surface area contributed by atoms with Gasteiger partial charge in [0, 0.05) is 32.4 Å². The van der Waals surface area contributed by atoms with Gasteiger partial charge in [0.25, 0.3) is 0 Å². The molecule has 1 atom stereocenters. The zero-order valence-corrected chi connectivity index (χ0v) is 14.9. The molecular formula is C19H25N5O. The minimum Gasteiger partial charge on any atom is -0.352 e. The Bertz CT molecular complexity index is 681. The van der Waals surface area contributed by atoms with Crippen LogP contribution in [0.4, 0.5) is 10.6 Å². The Morgan fingerprint density at radius 3 is 2.48 bits per heavy atom. The summed E-state index contributed by atoms with van der Waals surface area (Å²) in [5.74, 6) is 0.869. The number of rotatable bonds is 4. The van der Waals surface area contributed by atoms with E-state index in [-0.39, 0.29) is 12.1 Å². The van der Waals surface area contributed by atoms with E-state index in [2.05, 4.69) is 58.5 Å². The number of aromatic nitrogens is 2. The van der Waals surface area contributed by atoms with Gasteiger partial charge in [0.2, 0.25) is 0 Å². The summed E-state index contributed by atoms with van der Waals surface area (Å²) in [6.45, 7) is 7.08. The first-order valence-corrected chi connectivity index (χ1v) is 8.82. The Hall–Kier alpha value is -2.63. The monoisotopic (exact) mass is 339 g/mol. The summed E-state index contributed by atoms with van der Waals surface area (Å²) >= 11 is 0. The summed E-state index contributed by atoms with van der Waals surface area (Å²) in [7, 11) is 0. The van der Waals surface area contributed by atoms with Crippen LogP contribution in [0.3, 0.4) is 0 Å². The molecule has 132 valence electrons. The van der Waals surface area contributed by atoms with Gasteiger partial charge in [-0.2, -0.15) is 5.10 Å².